The monoisotopic (exact) mass is 344 g/mol. The minimum Gasteiger partial charge on any atom is -1.00 e. The maximum absolute atomic E-state index is 9.32. The summed E-state index contributed by atoms with van der Waals surface area (Å²) in [5, 5.41) is 14.0. The third-order valence-electron chi connectivity index (χ3n) is 0.200. The summed E-state index contributed by atoms with van der Waals surface area (Å²) < 4.78 is 21.2. The molecule has 0 amide bonds. The molecule has 0 aliphatic rings. The van der Waals surface area contributed by atoms with Crippen LogP contribution in [0.2, 0.25) is 0 Å². The second-order valence-electron chi connectivity index (χ2n) is 0.976. The van der Waals surface area contributed by atoms with Crippen LogP contribution in [-0.4, -0.2) is 0 Å². The van der Waals surface area contributed by atoms with Gasteiger partial charge in [0.2, 0.25) is 0 Å². The second-order valence-corrected chi connectivity index (χ2v) is 3.42. The van der Waals surface area contributed by atoms with Crippen molar-refractivity contribution in [2.45, 2.75) is 0 Å². The maximum atomic E-state index is 9.32. The van der Waals surface area contributed by atoms with Crippen molar-refractivity contribution in [3.8, 4) is 0 Å². The first-order valence-corrected chi connectivity index (χ1v) is 4.55. The molecule has 17 heteroatoms. The summed E-state index contributed by atoms with van der Waals surface area (Å²) in [6, 6.07) is 0. The van der Waals surface area contributed by atoms with Crippen molar-refractivity contribution in [3.05, 3.63) is 0 Å². The van der Waals surface area contributed by atoms with Gasteiger partial charge in [-0.2, -0.15) is 0 Å². The molecule has 70 valence electrons. The van der Waals surface area contributed by atoms with E-state index in [0.29, 0.717) is 0 Å². The van der Waals surface area contributed by atoms with Gasteiger partial charge in [-0.25, -0.2) is 0 Å². The van der Waals surface area contributed by atoms with Crippen molar-refractivity contribution in [1.29, 1.82) is 0 Å². The minimum absolute atomic E-state index is 0. The topological polar surface area (TPSA) is 182 Å². The summed E-state index contributed by atoms with van der Waals surface area (Å²) in [6.07, 6.45) is 0. The van der Waals surface area contributed by atoms with Crippen LogP contribution in [-0.2, 0) is 13.4 Å². The molecule has 9 nitrogen and oxygen atoms in total. The third-order valence-corrected chi connectivity index (χ3v) is 1.80. The van der Waals surface area contributed by atoms with Crippen LogP contribution in [0.3, 0.4) is 0 Å². The molecule has 0 heterocycles. The molecule has 0 fully saturated rings. The molecule has 0 unspecified atom stereocenters. The van der Waals surface area contributed by atoms with E-state index in [4.69, 9.17) is 10.5 Å². The van der Waals surface area contributed by atoms with Crippen LogP contribution < -0.4 is 207 Å². The van der Waals surface area contributed by atoms with E-state index in [2.05, 4.69) is 4.31 Å². The third kappa shape index (κ3) is 60.9. The molecule has 0 N–H and O–H groups in total. The van der Waals surface area contributed by atoms with Gasteiger partial charge in [0, 0.05) is 0 Å². The predicted octanol–water partition coefficient (Wildman–Crippen LogP) is -23.7. The number of hydrogen-bond donors (Lipinski definition) is 0. The number of rotatable bonds is 2. The van der Waals surface area contributed by atoms with E-state index < -0.39 is 15.6 Å². The van der Waals surface area contributed by atoms with Crippen LogP contribution in [0.4, 0.5) is 0 Å². The average Bonchev–Trinajstić information content (AvgIpc) is 1.60. The predicted molar refractivity (Wildman–Crippen MR) is 16.3 cm³/mol. The summed E-state index contributed by atoms with van der Waals surface area (Å²) in [5.41, 5.74) is 0. The Morgan fingerprint density at radius 2 is 0.706 bits per heavy atom. The van der Waals surface area contributed by atoms with Crippen LogP contribution in [0.15, 0.2) is 0 Å². The Morgan fingerprint density at radius 1 is 0.588 bits per heavy atom. The summed E-state index contributed by atoms with van der Waals surface area (Å²) in [4.78, 5) is 37.3. The van der Waals surface area contributed by atoms with Gasteiger partial charge >= 0.3 is 177 Å². The largest absolute Gasteiger partial charge is 1.00 e. The summed E-state index contributed by atoms with van der Waals surface area (Å²) in [6.45, 7) is 0. The Kier molecular flexibility index (Phi) is 78.7. The van der Waals surface area contributed by atoms with Crippen LogP contribution in [0.1, 0.15) is 0 Å². The molecule has 0 saturated heterocycles. The van der Waals surface area contributed by atoms with Crippen LogP contribution in [0, 0.1) is 0 Å². The van der Waals surface area contributed by atoms with Gasteiger partial charge in [0.05, 0.1) is 15.6 Å². The smallest absolute Gasteiger partial charge is 1.00 e. The number of phosphoric acid groups is 2. The molecule has 0 aromatic rings. The average molecular weight is 344 g/mol. The van der Waals surface area contributed by atoms with Crippen molar-refractivity contribution >= 4 is 15.6 Å². The second kappa shape index (κ2) is 27.0. The molecule has 0 saturated carbocycles. The molecule has 0 radical (unpaired) electrons. The van der Waals surface area contributed by atoms with E-state index in [1.807, 2.05) is 0 Å². The van der Waals surface area contributed by atoms with Gasteiger partial charge in [0.15, 0.2) is 0 Å². The van der Waals surface area contributed by atoms with Crippen molar-refractivity contribution in [2.75, 3.05) is 0 Å². The fourth-order valence-corrected chi connectivity index (χ4v) is 1.10. The summed E-state index contributed by atoms with van der Waals surface area (Å²) in [7, 11) is -11.4. The van der Waals surface area contributed by atoms with E-state index in [9.17, 15) is 28.7 Å². The Morgan fingerprint density at radius 3 is 0.706 bits per heavy atom. The quantitative estimate of drug-likeness (QED) is 0.203. The molecule has 0 spiro atoms. The molecular formula is Na6O9P2. The fraction of sp³-hybridized carbons (Fsp3) is 0. The molecular weight excluding hydrogens is 344 g/mol. The van der Waals surface area contributed by atoms with Gasteiger partial charge in [-0.3, -0.25) is 0 Å². The SMILES string of the molecule is O=P([O-])([O-])OP(=O)([O-])[O-].[Na+].[Na+].[Na+].[Na+].[Na+].[Na+].[O-][O-]. The Hall–Kier alpha value is 6.18. The Bertz CT molecular complexity index is 164. The van der Waals surface area contributed by atoms with Gasteiger partial charge in [-0.1, -0.05) is 0 Å². The number of hydrogen-bond acceptors (Lipinski definition) is 9. The molecule has 17 heavy (non-hydrogen) atoms. The zero-order valence-corrected chi connectivity index (χ0v) is 24.4. The summed E-state index contributed by atoms with van der Waals surface area (Å²) in [5.74, 6) is 0. The molecule has 0 bridgehead atoms. The Balaban J connectivity index is -0.0000000160. The molecule has 0 aromatic carbocycles. The summed E-state index contributed by atoms with van der Waals surface area (Å²) >= 11 is 0. The van der Waals surface area contributed by atoms with Gasteiger partial charge in [0.25, 0.3) is 0 Å². The maximum Gasteiger partial charge on any atom is 1.00 e. The van der Waals surface area contributed by atoms with Crippen molar-refractivity contribution in [3.63, 3.8) is 0 Å². The van der Waals surface area contributed by atoms with Crippen molar-refractivity contribution in [1.82, 2.24) is 0 Å². The van der Waals surface area contributed by atoms with E-state index in [0.717, 1.165) is 0 Å². The zero-order valence-electron chi connectivity index (χ0n) is 10.6. The van der Waals surface area contributed by atoms with Gasteiger partial charge in [-0.05, 0) is 0 Å². The first kappa shape index (κ1) is 49.5. The van der Waals surface area contributed by atoms with Crippen molar-refractivity contribution < 1.29 is 221 Å². The Labute approximate surface area is 231 Å². The normalized spacial score (nSPS) is 7.65. The first-order valence-electron chi connectivity index (χ1n) is 1.63. The standard InChI is InChI=1S/6Na.H4O7P2.O2/c;;;;;;1-8(2,3)7-9(4,5)6;1-2/h;;;;;;(H2,1,2,3)(H2,4,5,6);/q6*+1;;-2/p-4. The molecule has 0 aromatic heterocycles. The van der Waals surface area contributed by atoms with Gasteiger partial charge in [0.1, 0.15) is 0 Å². The molecule has 0 aliphatic heterocycles. The van der Waals surface area contributed by atoms with E-state index in [-0.39, 0.29) is 177 Å². The van der Waals surface area contributed by atoms with E-state index in [1.165, 1.54) is 0 Å². The minimum atomic E-state index is -5.68. The van der Waals surface area contributed by atoms with Crippen LogP contribution in [0.25, 0.3) is 0 Å². The van der Waals surface area contributed by atoms with Crippen molar-refractivity contribution in [2.24, 2.45) is 0 Å². The molecule has 0 rings (SSSR count). The van der Waals surface area contributed by atoms with Crippen LogP contribution in [0.5, 0.6) is 0 Å². The van der Waals surface area contributed by atoms with Gasteiger partial charge in [-0.15, -0.1) is 0 Å². The zero-order chi connectivity index (χ0) is 9.71. The first-order chi connectivity index (χ1) is 4.71. The fourth-order valence-electron chi connectivity index (χ4n) is 0.122. The van der Waals surface area contributed by atoms with Gasteiger partial charge < -0.3 is 43.5 Å². The van der Waals surface area contributed by atoms with Crippen LogP contribution >= 0.6 is 15.6 Å². The molecule has 0 aliphatic carbocycles. The van der Waals surface area contributed by atoms with E-state index >= 15 is 0 Å². The van der Waals surface area contributed by atoms with E-state index in [1.54, 1.807) is 0 Å². The molecule has 0 atom stereocenters.